The molecule has 1 atom stereocenters. The van der Waals surface area contributed by atoms with E-state index in [9.17, 15) is 4.79 Å². The van der Waals surface area contributed by atoms with Crippen LogP contribution in [-0.4, -0.2) is 40.6 Å². The third-order valence-corrected chi connectivity index (χ3v) is 2.93. The van der Waals surface area contributed by atoms with Crippen molar-refractivity contribution in [3.8, 4) is 0 Å². The van der Waals surface area contributed by atoms with Gasteiger partial charge in [0.25, 0.3) is 5.91 Å². The Labute approximate surface area is 108 Å². The molecule has 5 heteroatoms. The van der Waals surface area contributed by atoms with E-state index in [0.29, 0.717) is 36.8 Å². The summed E-state index contributed by atoms with van der Waals surface area (Å²) in [7, 11) is 0. The highest BCUT2D eigenvalue weighted by Crippen LogP contribution is 2.11. The molecule has 1 heterocycles. The van der Waals surface area contributed by atoms with Crippen molar-refractivity contribution in [2.24, 2.45) is 11.7 Å². The molecule has 0 aromatic carbocycles. The van der Waals surface area contributed by atoms with E-state index in [2.05, 4.69) is 10.2 Å². The summed E-state index contributed by atoms with van der Waals surface area (Å²) in [6.07, 6.45) is 0. The quantitative estimate of drug-likeness (QED) is 0.851. The van der Waals surface area contributed by atoms with E-state index in [1.165, 1.54) is 0 Å². The van der Waals surface area contributed by atoms with Crippen LogP contribution in [0.4, 0.5) is 0 Å². The maximum Gasteiger partial charge on any atom is 0.255 e. The summed E-state index contributed by atoms with van der Waals surface area (Å²) in [4.78, 5) is 14.2. The van der Waals surface area contributed by atoms with Gasteiger partial charge >= 0.3 is 0 Å². The SMILES string of the molecule is CCN(CC(C)CN)C(=O)c1cc(C)nnc1C. The topological polar surface area (TPSA) is 72.1 Å². The van der Waals surface area contributed by atoms with E-state index in [0.717, 1.165) is 5.69 Å². The molecule has 5 nitrogen and oxygen atoms in total. The van der Waals surface area contributed by atoms with E-state index < -0.39 is 0 Å². The summed E-state index contributed by atoms with van der Waals surface area (Å²) in [5.41, 5.74) is 7.67. The maximum atomic E-state index is 12.4. The van der Waals surface area contributed by atoms with Crippen molar-refractivity contribution in [2.75, 3.05) is 19.6 Å². The lowest BCUT2D eigenvalue weighted by atomic mass is 10.1. The Bertz CT molecular complexity index is 419. The van der Waals surface area contributed by atoms with Gasteiger partial charge in [-0.15, -0.1) is 0 Å². The second-order valence-electron chi connectivity index (χ2n) is 4.67. The molecule has 1 aromatic heterocycles. The van der Waals surface area contributed by atoms with Crippen LogP contribution in [0.1, 0.15) is 35.6 Å². The summed E-state index contributed by atoms with van der Waals surface area (Å²) < 4.78 is 0. The predicted octanol–water partition coefficient (Wildman–Crippen LogP) is 1.15. The van der Waals surface area contributed by atoms with E-state index in [1.54, 1.807) is 17.9 Å². The zero-order chi connectivity index (χ0) is 13.7. The zero-order valence-corrected chi connectivity index (χ0v) is 11.6. The highest BCUT2D eigenvalue weighted by atomic mass is 16.2. The molecule has 1 rings (SSSR count). The van der Waals surface area contributed by atoms with Crippen molar-refractivity contribution >= 4 is 5.91 Å². The fourth-order valence-corrected chi connectivity index (χ4v) is 1.74. The molecule has 0 aliphatic heterocycles. The largest absolute Gasteiger partial charge is 0.339 e. The fraction of sp³-hybridized carbons (Fsp3) is 0.615. The maximum absolute atomic E-state index is 12.4. The Balaban J connectivity index is 2.92. The van der Waals surface area contributed by atoms with Crippen LogP contribution in [-0.2, 0) is 0 Å². The summed E-state index contributed by atoms with van der Waals surface area (Å²) in [5, 5.41) is 7.94. The molecule has 2 N–H and O–H groups in total. The molecule has 0 radical (unpaired) electrons. The van der Waals surface area contributed by atoms with Crippen LogP contribution in [0, 0.1) is 19.8 Å². The smallest absolute Gasteiger partial charge is 0.255 e. The summed E-state index contributed by atoms with van der Waals surface area (Å²) in [6.45, 7) is 9.58. The number of carbonyl (C=O) groups excluding carboxylic acids is 1. The van der Waals surface area contributed by atoms with Crippen LogP contribution in [0.15, 0.2) is 6.07 Å². The van der Waals surface area contributed by atoms with E-state index >= 15 is 0 Å². The number of hydrogen-bond acceptors (Lipinski definition) is 4. The first-order valence-electron chi connectivity index (χ1n) is 6.29. The molecule has 0 bridgehead atoms. The van der Waals surface area contributed by atoms with Crippen LogP contribution in [0.2, 0.25) is 0 Å². The summed E-state index contributed by atoms with van der Waals surface area (Å²) in [5.74, 6) is 0.304. The monoisotopic (exact) mass is 250 g/mol. The van der Waals surface area contributed by atoms with E-state index in [-0.39, 0.29) is 5.91 Å². The van der Waals surface area contributed by atoms with Crippen LogP contribution >= 0.6 is 0 Å². The van der Waals surface area contributed by atoms with Crippen LogP contribution < -0.4 is 5.73 Å². The number of aromatic nitrogens is 2. The van der Waals surface area contributed by atoms with Crippen molar-refractivity contribution < 1.29 is 4.79 Å². The number of nitrogens with two attached hydrogens (primary N) is 1. The van der Waals surface area contributed by atoms with Gasteiger partial charge in [0.05, 0.1) is 17.0 Å². The molecular weight excluding hydrogens is 228 g/mol. The molecule has 1 aromatic rings. The number of aryl methyl sites for hydroxylation is 2. The first-order valence-corrected chi connectivity index (χ1v) is 6.29. The first-order chi connectivity index (χ1) is 8.49. The van der Waals surface area contributed by atoms with Crippen LogP contribution in [0.25, 0.3) is 0 Å². The third-order valence-electron chi connectivity index (χ3n) is 2.93. The van der Waals surface area contributed by atoms with Gasteiger partial charge in [-0.2, -0.15) is 10.2 Å². The van der Waals surface area contributed by atoms with Gasteiger partial charge < -0.3 is 10.6 Å². The van der Waals surface area contributed by atoms with Crippen molar-refractivity contribution in [3.05, 3.63) is 23.0 Å². The molecule has 0 saturated carbocycles. The minimum Gasteiger partial charge on any atom is -0.339 e. The first kappa shape index (κ1) is 14.6. The molecule has 100 valence electrons. The predicted molar refractivity (Wildman–Crippen MR) is 71.3 cm³/mol. The van der Waals surface area contributed by atoms with Crippen molar-refractivity contribution in [3.63, 3.8) is 0 Å². The molecule has 18 heavy (non-hydrogen) atoms. The Hall–Kier alpha value is -1.49. The molecule has 0 aliphatic rings. The highest BCUT2D eigenvalue weighted by molar-refractivity contribution is 5.95. The average Bonchev–Trinajstić information content (AvgIpc) is 2.37. The van der Waals surface area contributed by atoms with Gasteiger partial charge in [0.2, 0.25) is 0 Å². The number of amides is 1. The normalized spacial score (nSPS) is 12.3. The number of nitrogens with zero attached hydrogens (tertiary/aromatic N) is 3. The van der Waals surface area contributed by atoms with Gasteiger partial charge in [-0.1, -0.05) is 6.92 Å². The number of carbonyl (C=O) groups is 1. The molecule has 1 unspecified atom stereocenters. The highest BCUT2D eigenvalue weighted by Gasteiger charge is 2.19. The van der Waals surface area contributed by atoms with E-state index in [1.807, 2.05) is 20.8 Å². The van der Waals surface area contributed by atoms with Gasteiger partial charge in [-0.05, 0) is 39.3 Å². The molecule has 0 saturated heterocycles. The number of rotatable bonds is 5. The van der Waals surface area contributed by atoms with Gasteiger partial charge in [-0.3, -0.25) is 4.79 Å². The Kier molecular flexibility index (Phi) is 5.22. The second kappa shape index (κ2) is 6.44. The van der Waals surface area contributed by atoms with Crippen molar-refractivity contribution in [1.29, 1.82) is 0 Å². The Morgan fingerprint density at radius 3 is 2.67 bits per heavy atom. The van der Waals surface area contributed by atoms with Gasteiger partial charge in [-0.25, -0.2) is 0 Å². The Morgan fingerprint density at radius 2 is 2.11 bits per heavy atom. The Morgan fingerprint density at radius 1 is 1.44 bits per heavy atom. The molecule has 0 fully saturated rings. The molecule has 1 amide bonds. The zero-order valence-electron chi connectivity index (χ0n) is 11.6. The molecule has 0 spiro atoms. The van der Waals surface area contributed by atoms with Gasteiger partial charge in [0, 0.05) is 13.1 Å². The minimum atomic E-state index is 0.00769. The number of hydrogen-bond donors (Lipinski definition) is 1. The second-order valence-corrected chi connectivity index (χ2v) is 4.67. The van der Waals surface area contributed by atoms with Crippen molar-refractivity contribution in [2.45, 2.75) is 27.7 Å². The molecule has 0 aliphatic carbocycles. The van der Waals surface area contributed by atoms with Gasteiger partial charge in [0.1, 0.15) is 0 Å². The molecular formula is C13H22N4O. The lowest BCUT2D eigenvalue weighted by Gasteiger charge is -2.24. The minimum absolute atomic E-state index is 0.00769. The van der Waals surface area contributed by atoms with E-state index in [4.69, 9.17) is 5.73 Å². The van der Waals surface area contributed by atoms with Gasteiger partial charge in [0.15, 0.2) is 0 Å². The third kappa shape index (κ3) is 3.50. The van der Waals surface area contributed by atoms with Crippen LogP contribution in [0.5, 0.6) is 0 Å². The summed E-state index contributed by atoms with van der Waals surface area (Å²) in [6, 6.07) is 1.79. The fourth-order valence-electron chi connectivity index (χ4n) is 1.74. The lowest BCUT2D eigenvalue weighted by molar-refractivity contribution is 0.0742. The lowest BCUT2D eigenvalue weighted by Crippen LogP contribution is -2.37. The summed E-state index contributed by atoms with van der Waals surface area (Å²) >= 11 is 0. The standard InChI is InChI=1S/C13H22N4O/c1-5-17(8-9(2)7-14)13(18)12-6-10(3)15-16-11(12)4/h6,9H,5,7-8,14H2,1-4H3. The van der Waals surface area contributed by atoms with Crippen molar-refractivity contribution in [1.82, 2.24) is 15.1 Å². The average molecular weight is 250 g/mol. The van der Waals surface area contributed by atoms with Crippen LogP contribution in [0.3, 0.4) is 0 Å².